The van der Waals surface area contributed by atoms with Gasteiger partial charge in [-0.15, -0.1) is 0 Å². The number of fused-ring (bicyclic) bond motifs is 1. The Morgan fingerprint density at radius 1 is 1.50 bits per heavy atom. The molecule has 0 bridgehead atoms. The van der Waals surface area contributed by atoms with Crippen molar-refractivity contribution in [1.29, 1.82) is 0 Å². The molecule has 0 spiro atoms. The molecule has 2 rings (SSSR count). The van der Waals surface area contributed by atoms with Gasteiger partial charge in [0.1, 0.15) is 3.72 Å². The second-order valence-electron chi connectivity index (χ2n) is 4.61. The number of rotatable bonds is 1. The summed E-state index contributed by atoms with van der Waals surface area (Å²) in [5.74, 6) is -0.00753. The van der Waals surface area contributed by atoms with Crippen LogP contribution < -0.4 is 5.32 Å². The van der Waals surface area contributed by atoms with Crippen molar-refractivity contribution in [2.24, 2.45) is 10.4 Å². The van der Waals surface area contributed by atoms with Gasteiger partial charge < -0.3 is 5.32 Å². The standard InChI is InChI=1S/C10H12IN3OS/c1-10(2,3)8(15)14-9-13-5-4-12-7(11)6(5)16-9/h4H2,1-3H3,(H,13,14,15). The molecule has 1 aromatic heterocycles. The van der Waals surface area contributed by atoms with Crippen LogP contribution in [0.2, 0.25) is 0 Å². The molecular weight excluding hydrogens is 337 g/mol. The van der Waals surface area contributed by atoms with Gasteiger partial charge in [-0.05, 0) is 22.6 Å². The summed E-state index contributed by atoms with van der Waals surface area (Å²) in [5, 5.41) is 3.52. The maximum atomic E-state index is 11.8. The fourth-order valence-electron chi connectivity index (χ4n) is 1.17. The molecule has 0 radical (unpaired) electrons. The Bertz CT molecular complexity index is 473. The van der Waals surface area contributed by atoms with E-state index >= 15 is 0 Å². The van der Waals surface area contributed by atoms with E-state index in [0.717, 1.165) is 14.3 Å². The zero-order valence-electron chi connectivity index (χ0n) is 9.30. The first-order valence-corrected chi connectivity index (χ1v) is 6.79. The van der Waals surface area contributed by atoms with E-state index in [4.69, 9.17) is 0 Å². The molecule has 16 heavy (non-hydrogen) atoms. The second kappa shape index (κ2) is 4.06. The molecule has 2 heterocycles. The van der Waals surface area contributed by atoms with Crippen LogP contribution in [-0.2, 0) is 11.3 Å². The van der Waals surface area contributed by atoms with Gasteiger partial charge in [0.2, 0.25) is 5.91 Å². The molecule has 0 saturated heterocycles. The molecule has 1 amide bonds. The molecule has 0 aromatic carbocycles. The third-order valence-corrected chi connectivity index (χ3v) is 4.42. The van der Waals surface area contributed by atoms with Crippen molar-refractivity contribution < 1.29 is 4.79 Å². The predicted octanol–water partition coefficient (Wildman–Crippen LogP) is 2.82. The van der Waals surface area contributed by atoms with Gasteiger partial charge in [0, 0.05) is 5.41 Å². The van der Waals surface area contributed by atoms with E-state index in [0.29, 0.717) is 11.7 Å². The number of carbonyl (C=O) groups is 1. The molecule has 6 heteroatoms. The number of hydrogen-bond acceptors (Lipinski definition) is 4. The van der Waals surface area contributed by atoms with Crippen LogP contribution in [0.25, 0.3) is 0 Å². The Morgan fingerprint density at radius 2 is 2.19 bits per heavy atom. The van der Waals surface area contributed by atoms with E-state index < -0.39 is 5.41 Å². The fraction of sp³-hybridized carbons (Fsp3) is 0.500. The van der Waals surface area contributed by atoms with Crippen LogP contribution in [0.3, 0.4) is 0 Å². The summed E-state index contributed by atoms with van der Waals surface area (Å²) >= 11 is 3.69. The molecule has 0 unspecified atom stereocenters. The lowest BCUT2D eigenvalue weighted by molar-refractivity contribution is -0.123. The highest BCUT2D eigenvalue weighted by molar-refractivity contribution is 14.1. The lowest BCUT2D eigenvalue weighted by Crippen LogP contribution is -2.27. The smallest absolute Gasteiger partial charge is 0.231 e. The highest BCUT2D eigenvalue weighted by Gasteiger charge is 2.25. The highest BCUT2D eigenvalue weighted by atomic mass is 127. The van der Waals surface area contributed by atoms with Crippen LogP contribution in [0.15, 0.2) is 4.99 Å². The molecular formula is C10H12IN3OS. The first-order chi connectivity index (χ1) is 7.38. The van der Waals surface area contributed by atoms with E-state index in [2.05, 4.69) is 37.9 Å². The quantitative estimate of drug-likeness (QED) is 0.793. The van der Waals surface area contributed by atoms with Gasteiger partial charge >= 0.3 is 0 Å². The largest absolute Gasteiger partial charge is 0.301 e. The Labute approximate surface area is 112 Å². The lowest BCUT2D eigenvalue weighted by atomic mass is 9.96. The van der Waals surface area contributed by atoms with Gasteiger partial charge in [-0.2, -0.15) is 0 Å². The van der Waals surface area contributed by atoms with Crippen molar-refractivity contribution in [3.8, 4) is 0 Å². The van der Waals surface area contributed by atoms with E-state index in [9.17, 15) is 4.79 Å². The molecule has 1 N–H and O–H groups in total. The number of aliphatic imine (C=N–C) groups is 1. The summed E-state index contributed by atoms with van der Waals surface area (Å²) < 4.78 is 0.987. The number of thiazole rings is 1. The van der Waals surface area contributed by atoms with Crippen molar-refractivity contribution in [1.82, 2.24) is 4.98 Å². The minimum Gasteiger partial charge on any atom is -0.301 e. The summed E-state index contributed by atoms with van der Waals surface area (Å²) in [6, 6.07) is 0. The first kappa shape index (κ1) is 12.0. The van der Waals surface area contributed by atoms with Crippen LogP contribution in [0, 0.1) is 5.41 Å². The number of anilines is 1. The van der Waals surface area contributed by atoms with Gasteiger partial charge in [-0.3, -0.25) is 9.79 Å². The van der Waals surface area contributed by atoms with Crippen molar-refractivity contribution in [2.75, 3.05) is 5.32 Å². The van der Waals surface area contributed by atoms with Crippen LogP contribution in [0.4, 0.5) is 5.13 Å². The molecule has 86 valence electrons. The van der Waals surface area contributed by atoms with Crippen LogP contribution >= 0.6 is 33.9 Å². The summed E-state index contributed by atoms with van der Waals surface area (Å²) in [5.41, 5.74) is 0.579. The van der Waals surface area contributed by atoms with Gasteiger partial charge in [0.05, 0.1) is 17.1 Å². The van der Waals surface area contributed by atoms with E-state index in [1.807, 2.05) is 20.8 Å². The average Bonchev–Trinajstić information content (AvgIpc) is 2.67. The highest BCUT2D eigenvalue weighted by Crippen LogP contribution is 2.31. The Morgan fingerprint density at radius 3 is 2.75 bits per heavy atom. The number of halogens is 1. The minimum atomic E-state index is -0.392. The minimum absolute atomic E-state index is 0.00753. The molecule has 0 fully saturated rings. The SMILES string of the molecule is CC(C)(C)C(=O)Nc1nc2c(s1)C(I)=NC2. The zero-order valence-corrected chi connectivity index (χ0v) is 12.3. The lowest BCUT2D eigenvalue weighted by Gasteiger charge is -2.15. The monoisotopic (exact) mass is 349 g/mol. The zero-order chi connectivity index (χ0) is 11.9. The van der Waals surface area contributed by atoms with Gasteiger partial charge in [-0.1, -0.05) is 32.1 Å². The summed E-state index contributed by atoms with van der Waals surface area (Å²) in [7, 11) is 0. The Kier molecular flexibility index (Phi) is 3.04. The van der Waals surface area contributed by atoms with Gasteiger partial charge in [0.15, 0.2) is 5.13 Å². The van der Waals surface area contributed by atoms with Crippen LogP contribution in [0.5, 0.6) is 0 Å². The molecule has 1 aliphatic rings. The van der Waals surface area contributed by atoms with E-state index in [1.54, 1.807) is 0 Å². The van der Waals surface area contributed by atoms with Crippen LogP contribution in [0.1, 0.15) is 31.3 Å². The summed E-state index contributed by atoms with van der Waals surface area (Å²) in [6.07, 6.45) is 0. The second-order valence-corrected chi connectivity index (χ2v) is 6.63. The fourth-order valence-corrected chi connectivity index (χ4v) is 2.86. The third-order valence-electron chi connectivity index (χ3n) is 2.15. The summed E-state index contributed by atoms with van der Waals surface area (Å²) in [6.45, 7) is 6.29. The topological polar surface area (TPSA) is 54.4 Å². The maximum absolute atomic E-state index is 11.8. The molecule has 0 saturated carbocycles. The Hall–Kier alpha value is -0.500. The summed E-state index contributed by atoms with van der Waals surface area (Å²) in [4.78, 5) is 21.5. The Balaban J connectivity index is 2.16. The number of aromatic nitrogens is 1. The number of nitrogens with one attached hydrogen (secondary N) is 1. The van der Waals surface area contributed by atoms with Gasteiger partial charge in [-0.25, -0.2) is 4.98 Å². The predicted molar refractivity (Wildman–Crippen MR) is 74.5 cm³/mol. The van der Waals surface area contributed by atoms with Crippen molar-refractivity contribution >= 4 is 48.7 Å². The van der Waals surface area contributed by atoms with Crippen molar-refractivity contribution in [3.63, 3.8) is 0 Å². The molecule has 0 atom stereocenters. The van der Waals surface area contributed by atoms with Gasteiger partial charge in [0.25, 0.3) is 0 Å². The van der Waals surface area contributed by atoms with Crippen molar-refractivity contribution in [3.05, 3.63) is 10.6 Å². The third kappa shape index (κ3) is 2.27. The van der Waals surface area contributed by atoms with Crippen molar-refractivity contribution in [2.45, 2.75) is 27.3 Å². The number of hydrogen-bond donors (Lipinski definition) is 1. The maximum Gasteiger partial charge on any atom is 0.231 e. The van der Waals surface area contributed by atoms with E-state index in [-0.39, 0.29) is 5.91 Å². The molecule has 0 aliphatic carbocycles. The first-order valence-electron chi connectivity index (χ1n) is 4.89. The normalized spacial score (nSPS) is 14.6. The molecule has 4 nitrogen and oxygen atoms in total. The number of carbonyl (C=O) groups excluding carboxylic acids is 1. The number of amides is 1. The van der Waals surface area contributed by atoms with Crippen LogP contribution in [-0.4, -0.2) is 14.6 Å². The molecule has 1 aromatic rings. The average molecular weight is 349 g/mol. The molecule has 1 aliphatic heterocycles. The van der Waals surface area contributed by atoms with E-state index in [1.165, 1.54) is 11.3 Å². The number of nitrogens with zero attached hydrogens (tertiary/aromatic N) is 2.